The van der Waals surface area contributed by atoms with Gasteiger partial charge in [-0.25, -0.2) is 9.07 Å². The highest BCUT2D eigenvalue weighted by molar-refractivity contribution is 6.06. The van der Waals surface area contributed by atoms with Crippen molar-refractivity contribution in [2.75, 3.05) is 16.8 Å². The molecule has 1 aliphatic heterocycles. The molecule has 1 atom stereocenters. The summed E-state index contributed by atoms with van der Waals surface area (Å²) >= 11 is 0. The molecular weight excluding hydrogens is 363 g/mol. The molecule has 2 amide bonds. The lowest BCUT2D eigenvalue weighted by Crippen LogP contribution is -2.47. The van der Waals surface area contributed by atoms with Crippen molar-refractivity contribution >= 4 is 23.2 Å². The number of hydrogen-bond donors (Lipinski definition) is 1. The molecule has 1 aliphatic rings. The van der Waals surface area contributed by atoms with Crippen molar-refractivity contribution in [1.82, 2.24) is 9.78 Å². The Kier molecular flexibility index (Phi) is 4.52. The summed E-state index contributed by atoms with van der Waals surface area (Å²) in [6, 6.07) is 13.0. The Balaban J connectivity index is 1.50. The Labute approximate surface area is 160 Å². The second-order valence-electron chi connectivity index (χ2n) is 6.32. The summed E-state index contributed by atoms with van der Waals surface area (Å²) in [5.41, 5.74) is 1.09. The lowest BCUT2D eigenvalue weighted by Gasteiger charge is -2.32. The van der Waals surface area contributed by atoms with Crippen LogP contribution in [0.15, 0.2) is 60.9 Å². The van der Waals surface area contributed by atoms with Gasteiger partial charge < -0.3 is 10.1 Å². The summed E-state index contributed by atoms with van der Waals surface area (Å²) in [6.07, 6.45) is 2.49. The lowest BCUT2D eigenvalue weighted by atomic mass is 10.2. The molecule has 0 aliphatic carbocycles. The van der Waals surface area contributed by atoms with Gasteiger partial charge in [-0.05, 0) is 43.3 Å². The van der Waals surface area contributed by atoms with Crippen molar-refractivity contribution in [3.05, 3.63) is 66.7 Å². The molecular formula is C20H17FN4O3. The number of halogens is 1. The van der Waals surface area contributed by atoms with Gasteiger partial charge in [-0.1, -0.05) is 12.1 Å². The van der Waals surface area contributed by atoms with Gasteiger partial charge in [0, 0.05) is 18.1 Å². The summed E-state index contributed by atoms with van der Waals surface area (Å²) in [7, 11) is 0. The van der Waals surface area contributed by atoms with Crippen molar-refractivity contribution in [1.29, 1.82) is 0 Å². The largest absolute Gasteiger partial charge is 0.479 e. The molecule has 0 fully saturated rings. The summed E-state index contributed by atoms with van der Waals surface area (Å²) in [5, 5.41) is 6.61. The standard InChI is InChI=1S/C20H17FN4O3/c1-13-20(27)24(17-5-2-3-6-18(17)28-13)12-19(26)23-14-7-8-16(15(21)11-14)25-10-4-9-22-25/h2-11,13H,12H2,1H3,(H,23,26). The third kappa shape index (κ3) is 3.32. The number of carbonyl (C=O) groups is 2. The minimum atomic E-state index is -0.687. The molecule has 4 rings (SSSR count). The second kappa shape index (κ2) is 7.15. The summed E-state index contributed by atoms with van der Waals surface area (Å²) in [5.74, 6) is -0.738. The zero-order chi connectivity index (χ0) is 19.7. The number of nitrogens with one attached hydrogen (secondary N) is 1. The first kappa shape index (κ1) is 17.7. The zero-order valence-corrected chi connectivity index (χ0v) is 15.0. The topological polar surface area (TPSA) is 76.5 Å². The predicted molar refractivity (Wildman–Crippen MR) is 101 cm³/mol. The van der Waals surface area contributed by atoms with E-state index in [1.807, 2.05) is 0 Å². The Hall–Kier alpha value is -3.68. The van der Waals surface area contributed by atoms with Crippen molar-refractivity contribution in [3.8, 4) is 11.4 Å². The minimum absolute atomic E-state index is 0.202. The van der Waals surface area contributed by atoms with E-state index in [1.165, 1.54) is 21.7 Å². The molecule has 142 valence electrons. The summed E-state index contributed by atoms with van der Waals surface area (Å²) in [6.45, 7) is 1.43. The molecule has 8 heteroatoms. The first-order chi connectivity index (χ1) is 13.5. The van der Waals surface area contributed by atoms with Crippen LogP contribution >= 0.6 is 0 Å². The molecule has 0 bridgehead atoms. The molecule has 0 saturated heterocycles. The highest BCUT2D eigenvalue weighted by Crippen LogP contribution is 2.33. The van der Waals surface area contributed by atoms with Gasteiger partial charge in [-0.3, -0.25) is 14.5 Å². The second-order valence-corrected chi connectivity index (χ2v) is 6.32. The summed E-state index contributed by atoms with van der Waals surface area (Å²) in [4.78, 5) is 26.3. The van der Waals surface area contributed by atoms with Gasteiger partial charge >= 0.3 is 0 Å². The molecule has 1 N–H and O–H groups in total. The van der Waals surface area contributed by atoms with E-state index in [-0.39, 0.29) is 18.1 Å². The van der Waals surface area contributed by atoms with Crippen LogP contribution in [-0.2, 0) is 9.59 Å². The third-order valence-electron chi connectivity index (χ3n) is 4.36. The molecule has 1 unspecified atom stereocenters. The minimum Gasteiger partial charge on any atom is -0.479 e. The quantitative estimate of drug-likeness (QED) is 0.755. The Morgan fingerprint density at radius 2 is 2.04 bits per heavy atom. The first-order valence-corrected chi connectivity index (χ1v) is 8.69. The van der Waals surface area contributed by atoms with E-state index in [0.717, 1.165) is 0 Å². The highest BCUT2D eigenvalue weighted by atomic mass is 19.1. The first-order valence-electron chi connectivity index (χ1n) is 8.69. The third-order valence-corrected chi connectivity index (χ3v) is 4.36. The highest BCUT2D eigenvalue weighted by Gasteiger charge is 2.32. The van der Waals surface area contributed by atoms with Crippen molar-refractivity contribution < 1.29 is 18.7 Å². The van der Waals surface area contributed by atoms with E-state index in [0.29, 0.717) is 17.1 Å². The molecule has 0 radical (unpaired) electrons. The van der Waals surface area contributed by atoms with Crippen LogP contribution in [0.2, 0.25) is 0 Å². The fourth-order valence-electron chi connectivity index (χ4n) is 3.05. The van der Waals surface area contributed by atoms with E-state index in [1.54, 1.807) is 55.7 Å². The van der Waals surface area contributed by atoms with Crippen molar-refractivity contribution in [3.63, 3.8) is 0 Å². The number of carbonyl (C=O) groups excluding carboxylic acids is 2. The fraction of sp³-hybridized carbons (Fsp3) is 0.150. The molecule has 1 aromatic heterocycles. The number of para-hydroxylation sites is 2. The molecule has 28 heavy (non-hydrogen) atoms. The van der Waals surface area contributed by atoms with Crippen LogP contribution in [-0.4, -0.2) is 34.2 Å². The van der Waals surface area contributed by atoms with E-state index in [4.69, 9.17) is 4.74 Å². The van der Waals surface area contributed by atoms with Gasteiger partial charge in [0.05, 0.1) is 5.69 Å². The van der Waals surface area contributed by atoms with E-state index >= 15 is 0 Å². The molecule has 0 spiro atoms. The average molecular weight is 380 g/mol. The fourth-order valence-corrected chi connectivity index (χ4v) is 3.05. The van der Waals surface area contributed by atoms with Gasteiger partial charge in [0.2, 0.25) is 5.91 Å². The van der Waals surface area contributed by atoms with Crippen LogP contribution in [0.25, 0.3) is 5.69 Å². The maximum absolute atomic E-state index is 14.3. The predicted octanol–water partition coefficient (Wildman–Crippen LogP) is 2.76. The van der Waals surface area contributed by atoms with Crippen LogP contribution < -0.4 is 15.0 Å². The Morgan fingerprint density at radius 3 is 2.79 bits per heavy atom. The SMILES string of the molecule is CC1Oc2ccccc2N(CC(=O)Nc2ccc(-n3cccn3)c(F)c2)C1=O. The number of benzene rings is 2. The van der Waals surface area contributed by atoms with Crippen LogP contribution in [0.3, 0.4) is 0 Å². The van der Waals surface area contributed by atoms with Gasteiger partial charge in [0.15, 0.2) is 11.9 Å². The average Bonchev–Trinajstić information content (AvgIpc) is 3.20. The van der Waals surface area contributed by atoms with Crippen LogP contribution in [0.5, 0.6) is 5.75 Å². The summed E-state index contributed by atoms with van der Waals surface area (Å²) < 4.78 is 21.3. The molecule has 2 heterocycles. The van der Waals surface area contributed by atoms with E-state index < -0.39 is 17.8 Å². The molecule has 2 aromatic carbocycles. The van der Waals surface area contributed by atoms with Gasteiger partial charge in [0.1, 0.15) is 18.0 Å². The molecule has 0 saturated carbocycles. The van der Waals surface area contributed by atoms with Crippen LogP contribution in [0, 0.1) is 5.82 Å². The number of hydrogen-bond acceptors (Lipinski definition) is 4. The number of anilines is 2. The Morgan fingerprint density at radius 1 is 1.21 bits per heavy atom. The number of fused-ring (bicyclic) bond motifs is 1. The normalized spacial score (nSPS) is 15.7. The van der Waals surface area contributed by atoms with E-state index in [9.17, 15) is 14.0 Å². The maximum atomic E-state index is 14.3. The number of ether oxygens (including phenoxy) is 1. The van der Waals surface area contributed by atoms with E-state index in [2.05, 4.69) is 10.4 Å². The van der Waals surface area contributed by atoms with Crippen molar-refractivity contribution in [2.24, 2.45) is 0 Å². The zero-order valence-electron chi connectivity index (χ0n) is 15.0. The Bertz CT molecular complexity index is 1040. The van der Waals surface area contributed by atoms with Crippen molar-refractivity contribution in [2.45, 2.75) is 13.0 Å². The van der Waals surface area contributed by atoms with Crippen LogP contribution in [0.4, 0.5) is 15.8 Å². The molecule has 7 nitrogen and oxygen atoms in total. The van der Waals surface area contributed by atoms with Gasteiger partial charge in [0.25, 0.3) is 5.91 Å². The number of aromatic nitrogens is 2. The molecule has 3 aromatic rings. The van der Waals surface area contributed by atoms with Gasteiger partial charge in [-0.2, -0.15) is 5.10 Å². The number of nitrogens with zero attached hydrogens (tertiary/aromatic N) is 3. The lowest BCUT2D eigenvalue weighted by molar-refractivity contribution is -0.127. The van der Waals surface area contributed by atoms with Gasteiger partial charge in [-0.15, -0.1) is 0 Å². The monoisotopic (exact) mass is 380 g/mol. The number of amides is 2. The smallest absolute Gasteiger partial charge is 0.268 e. The number of rotatable bonds is 4. The maximum Gasteiger partial charge on any atom is 0.268 e. The van der Waals surface area contributed by atoms with Crippen LogP contribution in [0.1, 0.15) is 6.92 Å².